The van der Waals surface area contributed by atoms with E-state index in [9.17, 15) is 4.79 Å². The van der Waals surface area contributed by atoms with Crippen molar-refractivity contribution >= 4 is 28.3 Å². The van der Waals surface area contributed by atoms with Crippen molar-refractivity contribution in [2.24, 2.45) is 0 Å². The van der Waals surface area contributed by atoms with E-state index in [-0.39, 0.29) is 11.8 Å². The van der Waals surface area contributed by atoms with E-state index in [1.165, 1.54) is 0 Å². The summed E-state index contributed by atoms with van der Waals surface area (Å²) in [4.78, 5) is 24.6. The summed E-state index contributed by atoms with van der Waals surface area (Å²) in [7, 11) is 0. The molecule has 0 radical (unpaired) electrons. The van der Waals surface area contributed by atoms with Crippen LogP contribution >= 0.6 is 11.3 Å². The zero-order valence-corrected chi connectivity index (χ0v) is 15.8. The topological polar surface area (TPSA) is 85.0 Å². The number of thiophene rings is 1. The lowest BCUT2D eigenvalue weighted by Crippen LogP contribution is -2.39. The van der Waals surface area contributed by atoms with Crippen LogP contribution in [0.3, 0.4) is 0 Å². The van der Waals surface area contributed by atoms with E-state index in [2.05, 4.69) is 20.2 Å². The fraction of sp³-hybridized carbons (Fsp3) is 0.250. The molecule has 0 aliphatic carbocycles. The molecule has 1 saturated heterocycles. The SMILES string of the molecule is O=C(c1cnc2ccccc2n1)N1CCCC(c2nnc(-c3cccs3)o2)C1. The number of hydrogen-bond acceptors (Lipinski definition) is 7. The number of aromatic nitrogens is 4. The summed E-state index contributed by atoms with van der Waals surface area (Å²) in [6.07, 6.45) is 3.35. The minimum Gasteiger partial charge on any atom is -0.420 e. The van der Waals surface area contributed by atoms with Crippen molar-refractivity contribution in [2.45, 2.75) is 18.8 Å². The number of nitrogens with zero attached hydrogens (tertiary/aromatic N) is 5. The van der Waals surface area contributed by atoms with Gasteiger partial charge in [0, 0.05) is 13.1 Å². The molecule has 0 saturated carbocycles. The fourth-order valence-electron chi connectivity index (χ4n) is 3.48. The van der Waals surface area contributed by atoms with Gasteiger partial charge in [0.05, 0.1) is 28.0 Å². The molecule has 1 aliphatic heterocycles. The second kappa shape index (κ2) is 7.12. The van der Waals surface area contributed by atoms with Gasteiger partial charge >= 0.3 is 0 Å². The first kappa shape index (κ1) is 17.0. The van der Waals surface area contributed by atoms with Crippen LogP contribution in [0, 0.1) is 0 Å². The van der Waals surface area contributed by atoms with Crippen molar-refractivity contribution in [1.29, 1.82) is 0 Å². The molecule has 0 spiro atoms. The van der Waals surface area contributed by atoms with E-state index in [1.54, 1.807) is 17.5 Å². The normalized spacial score (nSPS) is 17.1. The van der Waals surface area contributed by atoms with Crippen LogP contribution in [-0.4, -0.2) is 44.1 Å². The molecule has 1 atom stereocenters. The Kier molecular flexibility index (Phi) is 4.32. The molecule has 0 bridgehead atoms. The Morgan fingerprint density at radius 2 is 2.04 bits per heavy atom. The molecule has 7 nitrogen and oxygen atoms in total. The average Bonchev–Trinajstić information content (AvgIpc) is 3.45. The number of piperidine rings is 1. The average molecular weight is 391 g/mol. The molecule has 1 unspecified atom stereocenters. The highest BCUT2D eigenvalue weighted by Crippen LogP contribution is 2.30. The summed E-state index contributed by atoms with van der Waals surface area (Å²) in [5, 5.41) is 10.4. The number of rotatable bonds is 3. The van der Waals surface area contributed by atoms with Gasteiger partial charge in [-0.05, 0) is 36.4 Å². The lowest BCUT2D eigenvalue weighted by atomic mass is 9.98. The van der Waals surface area contributed by atoms with Crippen LogP contribution in [-0.2, 0) is 0 Å². The molecule has 1 fully saturated rings. The Labute approximate surface area is 165 Å². The predicted molar refractivity (Wildman–Crippen MR) is 105 cm³/mol. The van der Waals surface area contributed by atoms with Crippen molar-refractivity contribution in [3.63, 3.8) is 0 Å². The number of carbonyl (C=O) groups excluding carboxylic acids is 1. The minimum atomic E-state index is -0.110. The van der Waals surface area contributed by atoms with Gasteiger partial charge < -0.3 is 9.32 Å². The van der Waals surface area contributed by atoms with Gasteiger partial charge in [0.2, 0.25) is 5.89 Å². The number of hydrogen-bond donors (Lipinski definition) is 0. The molecular weight excluding hydrogens is 374 g/mol. The van der Waals surface area contributed by atoms with Crippen LogP contribution in [0.2, 0.25) is 0 Å². The molecule has 140 valence electrons. The van der Waals surface area contributed by atoms with Crippen LogP contribution in [0.4, 0.5) is 0 Å². The third kappa shape index (κ3) is 3.16. The third-order valence-electron chi connectivity index (χ3n) is 4.90. The van der Waals surface area contributed by atoms with Crippen LogP contribution in [0.5, 0.6) is 0 Å². The van der Waals surface area contributed by atoms with Gasteiger partial charge in [-0.2, -0.15) is 0 Å². The minimum absolute atomic E-state index is 0.0346. The highest BCUT2D eigenvalue weighted by Gasteiger charge is 2.30. The van der Waals surface area contributed by atoms with E-state index in [1.807, 2.05) is 46.7 Å². The smallest absolute Gasteiger partial charge is 0.274 e. The molecular formula is C20H17N5O2S. The Balaban J connectivity index is 1.35. The Bertz CT molecular complexity index is 1120. The number of carbonyl (C=O) groups is 1. The second-order valence-electron chi connectivity index (χ2n) is 6.76. The fourth-order valence-corrected chi connectivity index (χ4v) is 4.13. The van der Waals surface area contributed by atoms with E-state index in [0.717, 1.165) is 28.8 Å². The van der Waals surface area contributed by atoms with Gasteiger partial charge in [-0.25, -0.2) is 4.98 Å². The van der Waals surface area contributed by atoms with Crippen molar-refractivity contribution < 1.29 is 9.21 Å². The maximum Gasteiger partial charge on any atom is 0.274 e. The first-order valence-electron chi connectivity index (χ1n) is 9.16. The highest BCUT2D eigenvalue weighted by molar-refractivity contribution is 7.13. The van der Waals surface area contributed by atoms with Crippen molar-refractivity contribution in [3.05, 3.63) is 59.6 Å². The number of fused-ring (bicyclic) bond motifs is 1. The van der Waals surface area contributed by atoms with E-state index in [4.69, 9.17) is 4.42 Å². The highest BCUT2D eigenvalue weighted by atomic mass is 32.1. The van der Waals surface area contributed by atoms with Gasteiger partial charge in [-0.15, -0.1) is 21.5 Å². The molecule has 4 aromatic rings. The van der Waals surface area contributed by atoms with Gasteiger partial charge in [0.15, 0.2) is 0 Å². The van der Waals surface area contributed by atoms with Gasteiger partial charge in [-0.1, -0.05) is 18.2 Å². The lowest BCUT2D eigenvalue weighted by Gasteiger charge is -2.30. The maximum absolute atomic E-state index is 13.0. The molecule has 0 N–H and O–H groups in total. The molecule has 1 aromatic carbocycles. The molecule has 4 heterocycles. The third-order valence-corrected chi connectivity index (χ3v) is 5.76. The zero-order chi connectivity index (χ0) is 18.9. The second-order valence-corrected chi connectivity index (χ2v) is 7.70. The molecule has 5 rings (SSSR count). The van der Waals surface area contributed by atoms with Crippen LogP contribution in [0.1, 0.15) is 35.1 Å². The summed E-state index contributed by atoms with van der Waals surface area (Å²) >= 11 is 1.56. The first-order chi connectivity index (χ1) is 13.8. The molecule has 3 aromatic heterocycles. The van der Waals surface area contributed by atoms with Gasteiger partial charge in [-0.3, -0.25) is 9.78 Å². The first-order valence-corrected chi connectivity index (χ1v) is 10.0. The van der Waals surface area contributed by atoms with Crippen LogP contribution in [0.15, 0.2) is 52.4 Å². The molecule has 28 heavy (non-hydrogen) atoms. The number of benzene rings is 1. The Morgan fingerprint density at radius 1 is 1.14 bits per heavy atom. The van der Waals surface area contributed by atoms with E-state index >= 15 is 0 Å². The molecule has 1 aliphatic rings. The summed E-state index contributed by atoms with van der Waals surface area (Å²) in [5.74, 6) is 1.05. The lowest BCUT2D eigenvalue weighted by molar-refractivity contribution is 0.0692. The number of amides is 1. The van der Waals surface area contributed by atoms with Gasteiger partial charge in [0.25, 0.3) is 11.8 Å². The van der Waals surface area contributed by atoms with E-state index in [0.29, 0.717) is 30.6 Å². The summed E-state index contributed by atoms with van der Waals surface area (Å²) in [6.45, 7) is 1.23. The number of para-hydroxylation sites is 2. The standard InChI is InChI=1S/C20H17N5O2S/c26-20(16-11-21-14-6-1-2-7-15(14)22-16)25-9-3-5-13(12-25)18-23-24-19(27-18)17-8-4-10-28-17/h1-2,4,6-8,10-11,13H,3,5,9,12H2. The van der Waals surface area contributed by atoms with Crippen molar-refractivity contribution in [3.8, 4) is 10.8 Å². The summed E-state index contributed by atoms with van der Waals surface area (Å²) in [6, 6.07) is 11.5. The summed E-state index contributed by atoms with van der Waals surface area (Å²) in [5.41, 5.74) is 1.87. The van der Waals surface area contributed by atoms with Crippen LogP contribution < -0.4 is 0 Å². The molecule has 1 amide bonds. The number of likely N-dealkylation sites (tertiary alicyclic amines) is 1. The van der Waals surface area contributed by atoms with Crippen molar-refractivity contribution in [2.75, 3.05) is 13.1 Å². The quantitative estimate of drug-likeness (QED) is 0.529. The molecule has 8 heteroatoms. The van der Waals surface area contributed by atoms with Crippen LogP contribution in [0.25, 0.3) is 21.8 Å². The van der Waals surface area contributed by atoms with Gasteiger partial charge in [0.1, 0.15) is 5.69 Å². The Hall–Kier alpha value is -3.13. The van der Waals surface area contributed by atoms with E-state index < -0.39 is 0 Å². The maximum atomic E-state index is 13.0. The van der Waals surface area contributed by atoms with Crippen molar-refractivity contribution in [1.82, 2.24) is 25.1 Å². The zero-order valence-electron chi connectivity index (χ0n) is 15.0. The monoisotopic (exact) mass is 391 g/mol. The predicted octanol–water partition coefficient (Wildman–Crippen LogP) is 3.76. The summed E-state index contributed by atoms with van der Waals surface area (Å²) < 4.78 is 5.88. The Morgan fingerprint density at radius 3 is 2.89 bits per heavy atom. The largest absolute Gasteiger partial charge is 0.420 e.